The number of hydrogen-bond donors (Lipinski definition) is 0. The molecular formula is C16H17N7S. The Balaban J connectivity index is 1.78. The van der Waals surface area contributed by atoms with E-state index in [1.54, 1.807) is 16.9 Å². The van der Waals surface area contributed by atoms with E-state index in [9.17, 15) is 0 Å². The Morgan fingerprint density at radius 1 is 1.21 bits per heavy atom. The van der Waals surface area contributed by atoms with Crippen LogP contribution in [-0.4, -0.2) is 34.6 Å². The highest BCUT2D eigenvalue weighted by atomic mass is 32.1. The maximum Gasteiger partial charge on any atom is 0.235 e. The highest BCUT2D eigenvalue weighted by Crippen LogP contribution is 2.27. The van der Waals surface area contributed by atoms with Crippen molar-refractivity contribution in [3.63, 3.8) is 0 Å². The molecule has 4 rings (SSSR count). The molecule has 0 amide bonds. The molecule has 4 heterocycles. The largest absolute Gasteiger partial charge is 0.264 e. The lowest BCUT2D eigenvalue weighted by Gasteiger charge is -1.98. The van der Waals surface area contributed by atoms with E-state index in [-0.39, 0.29) is 0 Å². The van der Waals surface area contributed by atoms with Crippen molar-refractivity contribution in [1.29, 1.82) is 0 Å². The molecule has 0 aromatic carbocycles. The first-order valence-corrected chi connectivity index (χ1v) is 8.59. The molecule has 4 aromatic rings. The van der Waals surface area contributed by atoms with Gasteiger partial charge in [0.2, 0.25) is 10.8 Å². The SMILES string of the molecule is CC(C)Cc1cc(-c2nnc3sc(-c4cccnc4)nn23)n(C)n1. The van der Waals surface area contributed by atoms with Gasteiger partial charge >= 0.3 is 0 Å². The zero-order valence-corrected chi connectivity index (χ0v) is 14.5. The molecule has 0 aliphatic rings. The van der Waals surface area contributed by atoms with Crippen molar-refractivity contribution in [3.05, 3.63) is 36.3 Å². The van der Waals surface area contributed by atoms with Gasteiger partial charge in [0.1, 0.15) is 10.7 Å². The van der Waals surface area contributed by atoms with Crippen LogP contribution in [0, 0.1) is 5.92 Å². The van der Waals surface area contributed by atoms with Crippen molar-refractivity contribution in [2.24, 2.45) is 13.0 Å². The second-order valence-corrected chi connectivity index (χ2v) is 7.07. The molecule has 0 spiro atoms. The normalized spacial score (nSPS) is 11.7. The average molecular weight is 339 g/mol. The molecule has 8 heteroatoms. The summed E-state index contributed by atoms with van der Waals surface area (Å²) in [6.45, 7) is 4.37. The Labute approximate surface area is 143 Å². The van der Waals surface area contributed by atoms with Crippen molar-refractivity contribution in [3.8, 4) is 22.1 Å². The molecule has 0 saturated carbocycles. The highest BCUT2D eigenvalue weighted by molar-refractivity contribution is 7.19. The van der Waals surface area contributed by atoms with E-state index in [0.717, 1.165) is 33.3 Å². The van der Waals surface area contributed by atoms with E-state index >= 15 is 0 Å². The molecule has 0 N–H and O–H groups in total. The lowest BCUT2D eigenvalue weighted by molar-refractivity contribution is 0.621. The molecule has 0 saturated heterocycles. The quantitative estimate of drug-likeness (QED) is 0.571. The van der Waals surface area contributed by atoms with Crippen LogP contribution >= 0.6 is 11.3 Å². The van der Waals surface area contributed by atoms with Crippen molar-refractivity contribution < 1.29 is 0 Å². The summed E-state index contributed by atoms with van der Waals surface area (Å²) in [5, 5.41) is 18.7. The fraction of sp³-hybridized carbons (Fsp3) is 0.312. The monoisotopic (exact) mass is 339 g/mol. The average Bonchev–Trinajstić information content (AvgIpc) is 3.21. The first-order valence-electron chi connectivity index (χ1n) is 7.77. The van der Waals surface area contributed by atoms with E-state index in [2.05, 4.69) is 45.3 Å². The molecule has 4 aromatic heterocycles. The topological polar surface area (TPSA) is 73.8 Å². The van der Waals surface area contributed by atoms with Crippen molar-refractivity contribution in [1.82, 2.24) is 34.6 Å². The van der Waals surface area contributed by atoms with E-state index in [1.807, 2.05) is 23.9 Å². The molecule has 0 atom stereocenters. The first kappa shape index (κ1) is 14.9. The molecular weight excluding hydrogens is 322 g/mol. The van der Waals surface area contributed by atoms with Gasteiger partial charge in [-0.2, -0.15) is 14.7 Å². The van der Waals surface area contributed by atoms with Gasteiger partial charge in [-0.25, -0.2) is 0 Å². The Hall–Kier alpha value is -2.61. The summed E-state index contributed by atoms with van der Waals surface area (Å²) in [5.74, 6) is 1.27. The fourth-order valence-electron chi connectivity index (χ4n) is 2.64. The van der Waals surface area contributed by atoms with Crippen LogP contribution in [0.3, 0.4) is 0 Å². The summed E-state index contributed by atoms with van der Waals surface area (Å²) in [4.78, 5) is 4.91. The van der Waals surface area contributed by atoms with Crippen molar-refractivity contribution >= 4 is 16.3 Å². The molecule has 0 fully saturated rings. The zero-order valence-electron chi connectivity index (χ0n) is 13.7. The Bertz CT molecular complexity index is 981. The molecule has 0 radical (unpaired) electrons. The number of hydrogen-bond acceptors (Lipinski definition) is 6. The van der Waals surface area contributed by atoms with Gasteiger partial charge in [0.25, 0.3) is 0 Å². The van der Waals surface area contributed by atoms with Gasteiger partial charge in [-0.1, -0.05) is 25.2 Å². The third-order valence-electron chi connectivity index (χ3n) is 3.68. The van der Waals surface area contributed by atoms with Gasteiger partial charge in [0.15, 0.2) is 0 Å². The van der Waals surface area contributed by atoms with Gasteiger partial charge in [-0.15, -0.1) is 10.2 Å². The predicted molar refractivity (Wildman–Crippen MR) is 92.6 cm³/mol. The molecule has 0 bridgehead atoms. The summed E-state index contributed by atoms with van der Waals surface area (Å²) in [6.07, 6.45) is 4.49. The number of rotatable bonds is 4. The third kappa shape index (κ3) is 2.58. The fourth-order valence-corrected chi connectivity index (χ4v) is 3.47. The van der Waals surface area contributed by atoms with Gasteiger partial charge in [0.05, 0.1) is 5.69 Å². The van der Waals surface area contributed by atoms with Crippen molar-refractivity contribution in [2.75, 3.05) is 0 Å². The van der Waals surface area contributed by atoms with Crippen LogP contribution in [0.4, 0.5) is 0 Å². The van der Waals surface area contributed by atoms with E-state index in [1.165, 1.54) is 11.3 Å². The van der Waals surface area contributed by atoms with E-state index in [4.69, 9.17) is 0 Å². The lowest BCUT2D eigenvalue weighted by atomic mass is 10.1. The summed E-state index contributed by atoms with van der Waals surface area (Å²) in [5.41, 5.74) is 2.95. The molecule has 0 unspecified atom stereocenters. The van der Waals surface area contributed by atoms with Gasteiger partial charge in [0, 0.05) is 25.0 Å². The molecule has 7 nitrogen and oxygen atoms in total. The van der Waals surface area contributed by atoms with E-state index in [0.29, 0.717) is 11.7 Å². The van der Waals surface area contributed by atoms with Gasteiger partial charge in [-0.3, -0.25) is 9.67 Å². The Morgan fingerprint density at radius 3 is 2.83 bits per heavy atom. The number of aryl methyl sites for hydroxylation is 1. The molecule has 24 heavy (non-hydrogen) atoms. The van der Waals surface area contributed by atoms with Crippen molar-refractivity contribution in [2.45, 2.75) is 20.3 Å². The van der Waals surface area contributed by atoms with Crippen LogP contribution in [0.2, 0.25) is 0 Å². The van der Waals surface area contributed by atoms with Crippen LogP contribution in [-0.2, 0) is 13.5 Å². The minimum atomic E-state index is 0.558. The minimum absolute atomic E-state index is 0.558. The highest BCUT2D eigenvalue weighted by Gasteiger charge is 2.18. The van der Waals surface area contributed by atoms with Gasteiger partial charge < -0.3 is 0 Å². The minimum Gasteiger partial charge on any atom is -0.264 e. The summed E-state index contributed by atoms with van der Waals surface area (Å²) < 4.78 is 3.63. The molecule has 0 aliphatic heterocycles. The standard InChI is InChI=1S/C16H17N7S/c1-10(2)7-12-8-13(22(3)20-12)14-18-19-16-23(14)21-15(24-16)11-5-4-6-17-9-11/h4-6,8-10H,7H2,1-3H3. The summed E-state index contributed by atoms with van der Waals surface area (Å²) in [7, 11) is 1.93. The number of fused-ring (bicyclic) bond motifs is 1. The second kappa shape index (κ2) is 5.79. The van der Waals surface area contributed by atoms with Crippen LogP contribution in [0.15, 0.2) is 30.6 Å². The maximum atomic E-state index is 4.66. The van der Waals surface area contributed by atoms with Crippen LogP contribution in [0.1, 0.15) is 19.5 Å². The van der Waals surface area contributed by atoms with Crippen LogP contribution < -0.4 is 0 Å². The predicted octanol–water partition coefficient (Wildman–Crippen LogP) is 2.85. The van der Waals surface area contributed by atoms with Gasteiger partial charge in [-0.05, 0) is 30.5 Å². The molecule has 122 valence electrons. The number of pyridine rings is 1. The number of nitrogens with zero attached hydrogens (tertiary/aromatic N) is 7. The van der Waals surface area contributed by atoms with E-state index < -0.39 is 0 Å². The maximum absolute atomic E-state index is 4.66. The number of aromatic nitrogens is 7. The third-order valence-corrected chi connectivity index (χ3v) is 4.62. The second-order valence-electron chi connectivity index (χ2n) is 6.11. The first-order chi connectivity index (χ1) is 11.6. The zero-order chi connectivity index (χ0) is 16.7. The lowest BCUT2D eigenvalue weighted by Crippen LogP contribution is -1.99. The molecule has 0 aliphatic carbocycles. The summed E-state index contributed by atoms with van der Waals surface area (Å²) in [6, 6.07) is 5.96. The smallest absolute Gasteiger partial charge is 0.235 e. The van der Waals surface area contributed by atoms with Crippen LogP contribution in [0.25, 0.3) is 27.1 Å². The summed E-state index contributed by atoms with van der Waals surface area (Å²) >= 11 is 1.50. The van der Waals surface area contributed by atoms with Crippen LogP contribution in [0.5, 0.6) is 0 Å². The Morgan fingerprint density at radius 2 is 2.08 bits per heavy atom. The Kier molecular flexibility index (Phi) is 3.61.